The molecular formula is C23H23ClF3NO3. The Morgan fingerprint density at radius 1 is 1.13 bits per heavy atom. The van der Waals surface area contributed by atoms with Crippen molar-refractivity contribution in [3.63, 3.8) is 0 Å². The minimum Gasteiger partial charge on any atom is -0.491 e. The summed E-state index contributed by atoms with van der Waals surface area (Å²) < 4.78 is 50.2. The largest absolute Gasteiger partial charge is 0.491 e. The van der Waals surface area contributed by atoms with Gasteiger partial charge in [0.2, 0.25) is 6.41 Å². The summed E-state index contributed by atoms with van der Waals surface area (Å²) in [7, 11) is 0. The van der Waals surface area contributed by atoms with Crippen molar-refractivity contribution in [2.45, 2.75) is 43.0 Å². The van der Waals surface area contributed by atoms with E-state index >= 15 is 0 Å². The van der Waals surface area contributed by atoms with Crippen LogP contribution in [0.25, 0.3) is 0 Å². The number of rotatable bonds is 6. The van der Waals surface area contributed by atoms with E-state index in [-0.39, 0.29) is 18.1 Å². The highest BCUT2D eigenvalue weighted by Gasteiger charge is 2.52. The number of nitrogens with zero attached hydrogens (tertiary/aromatic N) is 1. The number of halogens is 4. The van der Waals surface area contributed by atoms with E-state index in [9.17, 15) is 18.0 Å². The molecule has 0 N–H and O–H groups in total. The lowest BCUT2D eigenvalue weighted by Gasteiger charge is -2.55. The molecule has 1 saturated carbocycles. The van der Waals surface area contributed by atoms with Crippen LogP contribution in [-0.2, 0) is 21.1 Å². The molecule has 1 saturated heterocycles. The van der Waals surface area contributed by atoms with Gasteiger partial charge in [0.05, 0.1) is 18.2 Å². The van der Waals surface area contributed by atoms with Crippen molar-refractivity contribution < 1.29 is 27.4 Å². The first-order valence-electron chi connectivity index (χ1n) is 10.2. The highest BCUT2D eigenvalue weighted by atomic mass is 35.5. The number of hydrogen-bond donors (Lipinski definition) is 0. The van der Waals surface area contributed by atoms with Crippen molar-refractivity contribution >= 4 is 18.0 Å². The van der Waals surface area contributed by atoms with Crippen LogP contribution in [0, 0.1) is 0 Å². The molecule has 2 aliphatic rings. The number of carbonyl (C=O) groups is 1. The Bertz CT molecular complexity index is 898. The molecule has 8 heteroatoms. The Morgan fingerprint density at radius 2 is 1.81 bits per heavy atom. The number of morpholine rings is 1. The molecule has 0 spiro atoms. The fourth-order valence-corrected chi connectivity index (χ4v) is 4.82. The normalized spacial score (nSPS) is 23.2. The van der Waals surface area contributed by atoms with Crippen LogP contribution in [0.5, 0.6) is 5.75 Å². The minimum atomic E-state index is -4.39. The summed E-state index contributed by atoms with van der Waals surface area (Å²) in [6, 6.07) is 12.0. The zero-order chi connectivity index (χ0) is 22.1. The molecular weight excluding hydrogens is 431 g/mol. The second-order valence-corrected chi connectivity index (χ2v) is 8.48. The minimum absolute atomic E-state index is 0.135. The Morgan fingerprint density at radius 3 is 2.35 bits per heavy atom. The molecule has 1 aliphatic heterocycles. The van der Waals surface area contributed by atoms with Gasteiger partial charge in [-0.05, 0) is 54.8 Å². The van der Waals surface area contributed by atoms with Crippen LogP contribution >= 0.6 is 11.6 Å². The summed E-state index contributed by atoms with van der Waals surface area (Å²) in [6.45, 7) is 1.00. The van der Waals surface area contributed by atoms with Crippen LogP contribution in [0.1, 0.15) is 30.4 Å². The van der Waals surface area contributed by atoms with Gasteiger partial charge in [-0.3, -0.25) is 4.79 Å². The molecule has 1 heterocycles. The lowest BCUT2D eigenvalue weighted by molar-refractivity contribution is -0.148. The monoisotopic (exact) mass is 453 g/mol. The van der Waals surface area contributed by atoms with Crippen LogP contribution in [-0.4, -0.2) is 43.2 Å². The molecule has 0 bridgehead atoms. The highest BCUT2D eigenvalue weighted by Crippen LogP contribution is 2.50. The Labute approximate surface area is 183 Å². The second kappa shape index (κ2) is 8.71. The average molecular weight is 454 g/mol. The summed E-state index contributed by atoms with van der Waals surface area (Å²) in [4.78, 5) is 13.7. The molecule has 31 heavy (non-hydrogen) atoms. The second-order valence-electron chi connectivity index (χ2n) is 8.05. The fraction of sp³-hybridized carbons (Fsp3) is 0.435. The molecule has 1 aliphatic carbocycles. The van der Waals surface area contributed by atoms with E-state index < -0.39 is 17.8 Å². The molecule has 2 aromatic carbocycles. The van der Waals surface area contributed by atoms with Crippen LogP contribution in [0.3, 0.4) is 0 Å². The van der Waals surface area contributed by atoms with Gasteiger partial charge in [0.1, 0.15) is 18.5 Å². The molecule has 0 aromatic heterocycles. The SMILES string of the molecule is O=CN1CCOC(COc2ccc(C(F)(F)F)cc2)C1C1(c2ccc(Cl)cc2)CCC1. The van der Waals surface area contributed by atoms with Gasteiger partial charge in [0.15, 0.2) is 0 Å². The zero-order valence-corrected chi connectivity index (χ0v) is 17.5. The molecule has 4 nitrogen and oxygen atoms in total. The third kappa shape index (κ3) is 4.39. The molecule has 2 fully saturated rings. The van der Waals surface area contributed by atoms with Gasteiger partial charge >= 0.3 is 6.18 Å². The van der Waals surface area contributed by atoms with Gasteiger partial charge in [-0.15, -0.1) is 0 Å². The first-order chi connectivity index (χ1) is 14.8. The predicted molar refractivity (Wildman–Crippen MR) is 110 cm³/mol. The molecule has 2 unspecified atom stereocenters. The maximum atomic E-state index is 12.8. The lowest BCUT2D eigenvalue weighted by Crippen LogP contribution is -2.64. The average Bonchev–Trinajstić information content (AvgIpc) is 2.73. The number of benzene rings is 2. The van der Waals surface area contributed by atoms with E-state index in [0.717, 1.165) is 43.4 Å². The van der Waals surface area contributed by atoms with E-state index in [2.05, 4.69) is 0 Å². The Hall–Kier alpha value is -2.25. The van der Waals surface area contributed by atoms with Gasteiger partial charge in [-0.2, -0.15) is 13.2 Å². The number of hydrogen-bond acceptors (Lipinski definition) is 3. The van der Waals surface area contributed by atoms with Crippen molar-refractivity contribution in [2.24, 2.45) is 0 Å². The molecule has 1 amide bonds. The topological polar surface area (TPSA) is 38.8 Å². The van der Waals surface area contributed by atoms with Crippen molar-refractivity contribution in [3.8, 4) is 5.75 Å². The number of ether oxygens (including phenoxy) is 2. The first kappa shape index (κ1) is 22.0. The molecule has 2 atom stereocenters. The van der Waals surface area contributed by atoms with Crippen LogP contribution in [0.4, 0.5) is 13.2 Å². The van der Waals surface area contributed by atoms with Crippen molar-refractivity contribution in [3.05, 3.63) is 64.7 Å². The molecule has 0 radical (unpaired) electrons. The fourth-order valence-electron chi connectivity index (χ4n) is 4.70. The first-order valence-corrected chi connectivity index (χ1v) is 10.6. The lowest BCUT2D eigenvalue weighted by atomic mass is 9.58. The van der Waals surface area contributed by atoms with Gasteiger partial charge in [0.25, 0.3) is 0 Å². The quantitative estimate of drug-likeness (QED) is 0.572. The van der Waals surface area contributed by atoms with Crippen molar-refractivity contribution in [1.29, 1.82) is 0 Å². The summed E-state index contributed by atoms with van der Waals surface area (Å²) in [5.41, 5.74) is 0.111. The van der Waals surface area contributed by atoms with E-state index in [1.807, 2.05) is 24.3 Å². The van der Waals surface area contributed by atoms with E-state index in [1.54, 1.807) is 4.90 Å². The standard InChI is InChI=1S/C23H23ClF3NO3/c24-18-6-2-16(3-7-18)22(10-1-11-22)21-20(30-13-12-28(21)15-29)14-31-19-8-4-17(5-9-19)23(25,26)27/h2-9,15,20-21H,1,10-14H2. The zero-order valence-electron chi connectivity index (χ0n) is 16.8. The highest BCUT2D eigenvalue weighted by molar-refractivity contribution is 6.30. The smallest absolute Gasteiger partial charge is 0.416 e. The van der Waals surface area contributed by atoms with Gasteiger partial charge < -0.3 is 14.4 Å². The van der Waals surface area contributed by atoms with Crippen LogP contribution in [0.2, 0.25) is 5.02 Å². The summed E-state index contributed by atoms with van der Waals surface area (Å²) in [5.74, 6) is 0.327. The molecule has 4 rings (SSSR count). The summed E-state index contributed by atoms with van der Waals surface area (Å²) in [5, 5.41) is 0.646. The maximum Gasteiger partial charge on any atom is 0.416 e. The van der Waals surface area contributed by atoms with Crippen LogP contribution in [0.15, 0.2) is 48.5 Å². The number of amides is 1. The molecule has 2 aromatic rings. The summed E-state index contributed by atoms with van der Waals surface area (Å²) >= 11 is 6.07. The third-order valence-corrected chi connectivity index (χ3v) is 6.61. The van der Waals surface area contributed by atoms with Crippen molar-refractivity contribution in [1.82, 2.24) is 4.90 Å². The van der Waals surface area contributed by atoms with E-state index in [1.165, 1.54) is 12.1 Å². The number of alkyl halides is 3. The number of carbonyl (C=O) groups excluding carboxylic acids is 1. The Balaban J connectivity index is 1.55. The van der Waals surface area contributed by atoms with Crippen molar-refractivity contribution in [2.75, 3.05) is 19.8 Å². The van der Waals surface area contributed by atoms with Gasteiger partial charge in [-0.25, -0.2) is 0 Å². The Kier molecular flexibility index (Phi) is 6.17. The van der Waals surface area contributed by atoms with Gasteiger partial charge in [0, 0.05) is 17.0 Å². The molecule has 166 valence electrons. The van der Waals surface area contributed by atoms with Gasteiger partial charge in [-0.1, -0.05) is 30.2 Å². The predicted octanol–water partition coefficient (Wildman–Crippen LogP) is 5.09. The van der Waals surface area contributed by atoms with Crippen LogP contribution < -0.4 is 4.74 Å². The third-order valence-electron chi connectivity index (χ3n) is 6.35. The summed E-state index contributed by atoms with van der Waals surface area (Å²) in [6.07, 6.45) is -1.09. The van der Waals surface area contributed by atoms with E-state index in [4.69, 9.17) is 21.1 Å². The van der Waals surface area contributed by atoms with E-state index in [0.29, 0.717) is 23.9 Å². The maximum absolute atomic E-state index is 12.8.